The van der Waals surface area contributed by atoms with E-state index in [1.165, 1.54) is 39.6 Å². The zero-order chi connectivity index (χ0) is 28.3. The normalized spacial score (nSPS) is 16.0. The van der Waals surface area contributed by atoms with Crippen LogP contribution >= 0.6 is 11.6 Å². The molecule has 1 aliphatic heterocycles. The Balaban J connectivity index is 0.000000380. The van der Waals surface area contributed by atoms with Crippen LogP contribution in [0.15, 0.2) is 95.8 Å². The monoisotopic (exact) mass is 562 g/mol. The summed E-state index contributed by atoms with van der Waals surface area (Å²) in [5.41, 5.74) is 5.57. The van der Waals surface area contributed by atoms with Crippen molar-refractivity contribution in [3.8, 4) is 22.4 Å². The quantitative estimate of drug-likeness (QED) is 0.278. The Morgan fingerprint density at radius 2 is 1.76 bits per heavy atom. The third-order valence-corrected chi connectivity index (χ3v) is 7.98. The van der Waals surface area contributed by atoms with Crippen molar-refractivity contribution in [2.45, 2.75) is 26.2 Å². The maximum Gasteiger partial charge on any atom is 0.175 e. The summed E-state index contributed by atoms with van der Waals surface area (Å²) in [6, 6.07) is 17.2. The van der Waals surface area contributed by atoms with E-state index in [4.69, 9.17) is 16.1 Å². The predicted molar refractivity (Wildman–Crippen MR) is 162 cm³/mol. The van der Waals surface area contributed by atoms with Gasteiger partial charge in [-0.25, -0.2) is 4.39 Å². The summed E-state index contributed by atoms with van der Waals surface area (Å²) in [5.74, 6) is -0.635. The maximum absolute atomic E-state index is 14.6. The lowest BCUT2D eigenvalue weighted by molar-refractivity contribution is 0.0946. The summed E-state index contributed by atoms with van der Waals surface area (Å²) in [5, 5.41) is 9.45. The Morgan fingerprint density at radius 1 is 0.951 bits per heavy atom. The molecular formula is C35H28ClFN2O2. The van der Waals surface area contributed by atoms with Gasteiger partial charge in [0.25, 0.3) is 0 Å². The minimum atomic E-state index is -0.532. The Hall–Kier alpha value is -4.48. The average molecular weight is 563 g/mol. The van der Waals surface area contributed by atoms with E-state index in [0.29, 0.717) is 17.7 Å². The van der Waals surface area contributed by atoms with E-state index in [1.807, 2.05) is 36.7 Å². The maximum atomic E-state index is 14.6. The third kappa shape index (κ3) is 5.21. The molecule has 0 spiro atoms. The summed E-state index contributed by atoms with van der Waals surface area (Å²) < 4.78 is 20.0. The molecule has 1 aromatic heterocycles. The first-order valence-electron chi connectivity index (χ1n) is 13.6. The van der Waals surface area contributed by atoms with Gasteiger partial charge in [-0.15, -0.1) is 0 Å². The molecule has 0 radical (unpaired) electrons. The highest BCUT2D eigenvalue weighted by molar-refractivity contribution is 6.33. The van der Waals surface area contributed by atoms with Crippen molar-refractivity contribution >= 4 is 29.5 Å². The molecule has 1 atom stereocenters. The fourth-order valence-corrected chi connectivity index (χ4v) is 5.93. The molecule has 0 fully saturated rings. The van der Waals surface area contributed by atoms with Gasteiger partial charge in [0.15, 0.2) is 5.78 Å². The minimum Gasteiger partial charge on any atom is -0.368 e. The van der Waals surface area contributed by atoms with Gasteiger partial charge in [-0.3, -0.25) is 4.79 Å². The Labute approximate surface area is 242 Å². The van der Waals surface area contributed by atoms with E-state index >= 15 is 0 Å². The Bertz CT molecular complexity index is 1830. The second-order valence-electron chi connectivity index (χ2n) is 10.2. The molecule has 4 nitrogen and oxygen atoms in total. The van der Waals surface area contributed by atoms with Crippen LogP contribution in [0.2, 0.25) is 5.02 Å². The highest BCUT2D eigenvalue weighted by Crippen LogP contribution is 2.35. The van der Waals surface area contributed by atoms with Gasteiger partial charge >= 0.3 is 0 Å². The van der Waals surface area contributed by atoms with E-state index in [0.717, 1.165) is 18.1 Å². The number of benzene rings is 3. The number of hydrogen-bond donors (Lipinski definition) is 1. The van der Waals surface area contributed by atoms with Gasteiger partial charge in [0.1, 0.15) is 17.3 Å². The number of fused-ring (bicyclic) bond motifs is 5. The zero-order valence-corrected chi connectivity index (χ0v) is 23.3. The topological polar surface area (TPSA) is 55.1 Å². The van der Waals surface area contributed by atoms with Crippen LogP contribution in [0.1, 0.15) is 33.7 Å². The molecule has 204 valence electrons. The number of Topliss-reactive ketones (excluding diaryl/α,β-unsaturated/α-hetero) is 1. The summed E-state index contributed by atoms with van der Waals surface area (Å²) in [4.78, 5) is 13.8. The smallest absolute Gasteiger partial charge is 0.175 e. The first kappa shape index (κ1) is 26.7. The predicted octanol–water partition coefficient (Wildman–Crippen LogP) is 6.85. The van der Waals surface area contributed by atoms with Gasteiger partial charge in [-0.2, -0.15) is 0 Å². The van der Waals surface area contributed by atoms with Crippen molar-refractivity contribution in [1.29, 1.82) is 0 Å². The lowest BCUT2D eigenvalue weighted by Gasteiger charge is -2.21. The molecule has 2 aliphatic carbocycles. The fraction of sp³-hybridized carbons (Fsp3) is 0.143. The molecule has 4 aromatic rings. The van der Waals surface area contributed by atoms with Crippen LogP contribution in [0.3, 0.4) is 0 Å². The van der Waals surface area contributed by atoms with E-state index in [9.17, 15) is 9.18 Å². The molecule has 3 aliphatic rings. The van der Waals surface area contributed by atoms with Crippen LogP contribution < -0.4 is 15.8 Å². The Kier molecular flexibility index (Phi) is 7.53. The molecule has 3 aromatic carbocycles. The number of rotatable bonds is 3. The van der Waals surface area contributed by atoms with E-state index in [-0.39, 0.29) is 28.0 Å². The molecule has 41 heavy (non-hydrogen) atoms. The highest BCUT2D eigenvalue weighted by atomic mass is 35.5. The lowest BCUT2D eigenvalue weighted by Crippen LogP contribution is -2.37. The molecule has 0 saturated carbocycles. The number of ketones is 1. The summed E-state index contributed by atoms with van der Waals surface area (Å²) in [6.45, 7) is 1.68. The number of carbonyl (C=O) groups excluding carboxylic acids is 1. The van der Waals surface area contributed by atoms with Gasteiger partial charge < -0.3 is 9.84 Å². The number of nitrogens with one attached hydrogen (secondary N) is 1. The zero-order valence-electron chi connectivity index (χ0n) is 22.5. The average Bonchev–Trinajstić information content (AvgIpc) is 3.16. The molecule has 7 rings (SSSR count). The molecule has 6 heteroatoms. The van der Waals surface area contributed by atoms with Gasteiger partial charge in [0, 0.05) is 18.3 Å². The van der Waals surface area contributed by atoms with Crippen LogP contribution in [0, 0.1) is 18.7 Å². The summed E-state index contributed by atoms with van der Waals surface area (Å²) in [7, 11) is 0. The summed E-state index contributed by atoms with van der Waals surface area (Å²) >= 11 is 6.28. The third-order valence-electron chi connectivity index (χ3n) is 7.67. The van der Waals surface area contributed by atoms with Crippen LogP contribution in [-0.4, -0.2) is 10.9 Å². The van der Waals surface area contributed by atoms with E-state index in [2.05, 4.69) is 59.0 Å². The van der Waals surface area contributed by atoms with Crippen molar-refractivity contribution < 1.29 is 13.7 Å². The number of halogens is 2. The number of nitrogens with zero attached hydrogens (tertiary/aromatic N) is 1. The first-order valence-corrected chi connectivity index (χ1v) is 14.0. The summed E-state index contributed by atoms with van der Waals surface area (Å²) in [6.07, 6.45) is 18.2. The van der Waals surface area contributed by atoms with Crippen molar-refractivity contribution in [3.05, 3.63) is 135 Å². The highest BCUT2D eigenvalue weighted by Gasteiger charge is 2.30. The van der Waals surface area contributed by atoms with Crippen LogP contribution in [0.5, 0.6) is 0 Å². The molecule has 1 N–H and O–H groups in total. The molecular weight excluding hydrogens is 535 g/mol. The Morgan fingerprint density at radius 3 is 2.56 bits per heavy atom. The molecule has 0 amide bonds. The van der Waals surface area contributed by atoms with Crippen molar-refractivity contribution in [1.82, 2.24) is 10.5 Å². The fourth-order valence-electron chi connectivity index (χ4n) is 5.68. The molecule has 0 bridgehead atoms. The molecule has 0 saturated heterocycles. The van der Waals surface area contributed by atoms with Crippen molar-refractivity contribution in [3.63, 3.8) is 0 Å². The van der Waals surface area contributed by atoms with Gasteiger partial charge in [0.05, 0.1) is 16.1 Å². The number of aromatic nitrogens is 1. The van der Waals surface area contributed by atoms with E-state index in [1.54, 1.807) is 13.0 Å². The number of hydrogen-bond acceptors (Lipinski definition) is 4. The molecule has 2 heterocycles. The van der Waals surface area contributed by atoms with Crippen molar-refractivity contribution in [2.24, 2.45) is 5.92 Å². The second-order valence-corrected chi connectivity index (χ2v) is 10.6. The van der Waals surface area contributed by atoms with E-state index < -0.39 is 5.82 Å². The lowest BCUT2D eigenvalue weighted by atomic mass is 9.81. The largest absolute Gasteiger partial charge is 0.368 e. The van der Waals surface area contributed by atoms with Crippen LogP contribution in [0.4, 0.5) is 4.39 Å². The first-order chi connectivity index (χ1) is 20.0. The number of allylic oxidation sites excluding steroid dienone is 4. The van der Waals surface area contributed by atoms with Gasteiger partial charge in [-0.05, 0) is 83.2 Å². The number of aryl methyl sites for hydroxylation is 2. The second kappa shape index (κ2) is 11.6. The van der Waals surface area contributed by atoms with Crippen LogP contribution in [0.25, 0.3) is 34.5 Å². The van der Waals surface area contributed by atoms with Gasteiger partial charge in [-0.1, -0.05) is 83.5 Å². The van der Waals surface area contributed by atoms with Gasteiger partial charge in [0.2, 0.25) is 0 Å². The van der Waals surface area contributed by atoms with Crippen molar-refractivity contribution in [2.75, 3.05) is 0 Å². The number of carbonyl (C=O) groups is 1. The molecule has 1 unspecified atom stereocenters. The minimum absolute atomic E-state index is 0.0999. The van der Waals surface area contributed by atoms with Crippen LogP contribution in [-0.2, 0) is 12.8 Å². The standard InChI is InChI=1S/C29H21ClFNO2.C6H7N/c1-16-26(28(32-34-16)27-24(30)7-4-8-25(27)31)29(33)19-10-9-18-12-13-21-20-6-3-2-5-17(20)11-14-22(21)23(18)15-19;1-2-4-6-7-5-3-1/h2-8,12-15,19H,9-11H2,1H3;1-7H. The SMILES string of the molecule is C1=CC=CNC=C1.Cc1onc(-c2c(F)cccc2Cl)c1C(=O)C1C=c2c(ccc3c2=CCc2ccccc2-3)CC1.